The number of nitrogens with one attached hydrogen (secondary N) is 2. The van der Waals surface area contributed by atoms with Crippen LogP contribution in [0.4, 0.5) is 0 Å². The van der Waals surface area contributed by atoms with Gasteiger partial charge in [0.05, 0.1) is 17.4 Å². The number of halogens is 1. The van der Waals surface area contributed by atoms with E-state index in [0.717, 1.165) is 31.2 Å². The number of amides is 1. The van der Waals surface area contributed by atoms with E-state index in [1.165, 1.54) is 11.0 Å². The molecule has 1 amide bonds. The maximum Gasteiger partial charge on any atom is 0.262 e. The molecule has 1 aromatic heterocycles. The van der Waals surface area contributed by atoms with Crippen molar-refractivity contribution in [2.45, 2.75) is 44.7 Å². The molecule has 0 unspecified atom stereocenters. The first kappa shape index (κ1) is 19.9. The van der Waals surface area contributed by atoms with E-state index in [-0.39, 0.29) is 17.5 Å². The van der Waals surface area contributed by atoms with Crippen LogP contribution < -0.4 is 10.9 Å². The number of H-pyrrole nitrogens is 1. The van der Waals surface area contributed by atoms with Gasteiger partial charge >= 0.3 is 0 Å². The average Bonchev–Trinajstić information content (AvgIpc) is 2.73. The Bertz CT molecular complexity index is 1160. The maximum absolute atomic E-state index is 13.0. The van der Waals surface area contributed by atoms with Gasteiger partial charge in [0.1, 0.15) is 0 Å². The molecule has 1 aliphatic rings. The highest BCUT2D eigenvalue weighted by Crippen LogP contribution is 2.19. The van der Waals surface area contributed by atoms with Gasteiger partial charge in [-0.3, -0.25) is 14.2 Å². The number of nitrogens with zero attached hydrogens (tertiary/aromatic N) is 1. The predicted octanol–water partition coefficient (Wildman–Crippen LogP) is 4.82. The van der Waals surface area contributed by atoms with Gasteiger partial charge in [0, 0.05) is 16.6 Å². The molecule has 1 saturated carbocycles. The first-order valence-corrected chi connectivity index (χ1v) is 10.6. The van der Waals surface area contributed by atoms with E-state index in [4.69, 9.17) is 23.8 Å². The van der Waals surface area contributed by atoms with Crippen LogP contribution in [-0.4, -0.2) is 21.5 Å². The molecule has 0 atom stereocenters. The van der Waals surface area contributed by atoms with Crippen molar-refractivity contribution in [2.24, 2.45) is 0 Å². The second kappa shape index (κ2) is 8.51. The highest BCUT2D eigenvalue weighted by atomic mass is 35.5. The Morgan fingerprint density at radius 3 is 2.59 bits per heavy atom. The lowest BCUT2D eigenvalue weighted by molar-refractivity contribution is 0.0928. The van der Waals surface area contributed by atoms with Crippen LogP contribution in [0.2, 0.25) is 5.02 Å². The fraction of sp³-hybridized carbons (Fsp3) is 0.318. The molecule has 7 heteroatoms. The zero-order valence-corrected chi connectivity index (χ0v) is 17.5. The van der Waals surface area contributed by atoms with Crippen LogP contribution in [-0.2, 0) is 6.54 Å². The quantitative estimate of drug-likeness (QED) is 0.586. The molecule has 0 aliphatic heterocycles. The fourth-order valence-electron chi connectivity index (χ4n) is 3.83. The summed E-state index contributed by atoms with van der Waals surface area (Å²) in [6, 6.07) is 12.6. The minimum Gasteiger partial charge on any atom is -0.349 e. The van der Waals surface area contributed by atoms with Gasteiger partial charge in [-0.1, -0.05) is 43.0 Å². The van der Waals surface area contributed by atoms with Crippen molar-refractivity contribution >= 4 is 40.6 Å². The summed E-state index contributed by atoms with van der Waals surface area (Å²) in [4.78, 5) is 28.7. The minimum absolute atomic E-state index is 0.108. The summed E-state index contributed by atoms with van der Waals surface area (Å²) in [6.45, 7) is 0.352. The van der Waals surface area contributed by atoms with Gasteiger partial charge in [-0.15, -0.1) is 0 Å². The molecule has 29 heavy (non-hydrogen) atoms. The Kier molecular flexibility index (Phi) is 5.83. The van der Waals surface area contributed by atoms with Crippen LogP contribution in [0.5, 0.6) is 0 Å². The summed E-state index contributed by atoms with van der Waals surface area (Å²) < 4.78 is 1.84. The predicted molar refractivity (Wildman–Crippen MR) is 118 cm³/mol. The van der Waals surface area contributed by atoms with Gasteiger partial charge in [0.15, 0.2) is 4.77 Å². The molecule has 4 rings (SSSR count). The van der Waals surface area contributed by atoms with Gasteiger partial charge in [0.2, 0.25) is 0 Å². The van der Waals surface area contributed by atoms with Crippen molar-refractivity contribution in [1.82, 2.24) is 14.9 Å². The zero-order chi connectivity index (χ0) is 20.4. The summed E-state index contributed by atoms with van der Waals surface area (Å²) in [5.41, 5.74) is 1.85. The monoisotopic (exact) mass is 427 g/mol. The normalized spacial score (nSPS) is 14.8. The van der Waals surface area contributed by atoms with Crippen molar-refractivity contribution < 1.29 is 4.79 Å². The topological polar surface area (TPSA) is 66.9 Å². The molecule has 0 radical (unpaired) electrons. The van der Waals surface area contributed by atoms with Crippen LogP contribution in [0.3, 0.4) is 0 Å². The van der Waals surface area contributed by atoms with Gasteiger partial charge < -0.3 is 10.3 Å². The number of hydrogen-bond acceptors (Lipinski definition) is 3. The molecule has 150 valence electrons. The van der Waals surface area contributed by atoms with Crippen LogP contribution in [0.1, 0.15) is 48.0 Å². The number of carbonyl (C=O) groups is 1. The number of rotatable bonds is 4. The third-order valence-corrected chi connectivity index (χ3v) is 6.01. The molecule has 1 fully saturated rings. The third-order valence-electron chi connectivity index (χ3n) is 5.44. The summed E-state index contributed by atoms with van der Waals surface area (Å²) >= 11 is 11.3. The summed E-state index contributed by atoms with van der Waals surface area (Å²) in [5, 5.41) is 4.25. The molecule has 2 aromatic carbocycles. The van der Waals surface area contributed by atoms with Crippen molar-refractivity contribution in [2.75, 3.05) is 0 Å². The smallest absolute Gasteiger partial charge is 0.262 e. The van der Waals surface area contributed by atoms with E-state index in [1.807, 2.05) is 12.1 Å². The number of benzene rings is 2. The number of fused-ring (bicyclic) bond motifs is 1. The molecule has 0 saturated heterocycles. The zero-order valence-electron chi connectivity index (χ0n) is 15.9. The minimum atomic E-state index is -0.182. The lowest BCUT2D eigenvalue weighted by Crippen LogP contribution is -2.36. The fourth-order valence-corrected chi connectivity index (χ4v) is 4.21. The average molecular weight is 428 g/mol. The molecular weight excluding hydrogens is 406 g/mol. The van der Waals surface area contributed by atoms with E-state index < -0.39 is 0 Å². The molecule has 2 N–H and O–H groups in total. The molecular formula is C22H22ClN3O2S. The first-order valence-electron chi connectivity index (χ1n) is 9.83. The Morgan fingerprint density at radius 2 is 1.86 bits per heavy atom. The molecule has 3 aromatic rings. The van der Waals surface area contributed by atoms with Crippen molar-refractivity contribution in [3.05, 3.63) is 73.7 Å². The second-order valence-corrected chi connectivity index (χ2v) is 8.34. The lowest BCUT2D eigenvalue weighted by atomic mass is 9.95. The Morgan fingerprint density at radius 1 is 1.14 bits per heavy atom. The van der Waals surface area contributed by atoms with Crippen LogP contribution in [0, 0.1) is 4.77 Å². The molecule has 1 aliphatic carbocycles. The summed E-state index contributed by atoms with van der Waals surface area (Å²) in [6.07, 6.45) is 5.60. The SMILES string of the molecule is O=C(NC1CCCCC1)c1ccc2c(=O)n(Cc3ccc(Cl)cc3)c(=S)[nH]c2c1. The number of carbonyl (C=O) groups excluding carboxylic acids is 1. The number of hydrogen-bond donors (Lipinski definition) is 2. The Hall–Kier alpha value is -2.44. The largest absolute Gasteiger partial charge is 0.349 e. The lowest BCUT2D eigenvalue weighted by Gasteiger charge is -2.22. The van der Waals surface area contributed by atoms with E-state index in [2.05, 4.69) is 10.3 Å². The van der Waals surface area contributed by atoms with E-state index in [0.29, 0.717) is 32.8 Å². The van der Waals surface area contributed by atoms with Crippen molar-refractivity contribution in [3.63, 3.8) is 0 Å². The number of aromatic nitrogens is 2. The molecule has 5 nitrogen and oxygen atoms in total. The Labute approximate surface area is 178 Å². The third kappa shape index (κ3) is 4.43. The molecule has 0 bridgehead atoms. The maximum atomic E-state index is 13.0. The van der Waals surface area contributed by atoms with Gasteiger partial charge in [-0.25, -0.2) is 0 Å². The molecule has 0 spiro atoms. The Balaban J connectivity index is 1.62. The van der Waals surface area contributed by atoms with Gasteiger partial charge in [0.25, 0.3) is 11.5 Å². The van der Waals surface area contributed by atoms with Crippen molar-refractivity contribution in [3.8, 4) is 0 Å². The summed E-state index contributed by atoms with van der Waals surface area (Å²) in [7, 11) is 0. The van der Waals surface area contributed by atoms with E-state index in [1.54, 1.807) is 30.3 Å². The van der Waals surface area contributed by atoms with Gasteiger partial charge in [-0.05, 0) is 61.0 Å². The summed E-state index contributed by atoms with van der Waals surface area (Å²) in [5.74, 6) is -0.108. The van der Waals surface area contributed by atoms with Gasteiger partial charge in [-0.2, -0.15) is 0 Å². The van der Waals surface area contributed by atoms with E-state index >= 15 is 0 Å². The highest BCUT2D eigenvalue weighted by molar-refractivity contribution is 7.71. The van der Waals surface area contributed by atoms with Crippen LogP contribution in [0.15, 0.2) is 47.3 Å². The molecule has 1 heterocycles. The van der Waals surface area contributed by atoms with E-state index in [9.17, 15) is 9.59 Å². The van der Waals surface area contributed by atoms with Crippen LogP contribution in [0.25, 0.3) is 10.9 Å². The standard InChI is InChI=1S/C22H22ClN3O2S/c23-16-9-6-14(7-10-16)13-26-21(28)18-11-8-15(12-19(18)25-22(26)29)20(27)24-17-4-2-1-3-5-17/h6-12,17H,1-5,13H2,(H,24,27)(H,25,29). The second-order valence-electron chi connectivity index (χ2n) is 7.52. The van der Waals surface area contributed by atoms with Crippen LogP contribution >= 0.6 is 23.8 Å². The first-order chi connectivity index (χ1) is 14.0. The van der Waals surface area contributed by atoms with Crippen molar-refractivity contribution in [1.29, 1.82) is 0 Å². The highest BCUT2D eigenvalue weighted by Gasteiger charge is 2.17. The number of aromatic amines is 1.